The van der Waals surface area contributed by atoms with Gasteiger partial charge in [0, 0.05) is 13.2 Å². The molecule has 1 aliphatic rings. The second kappa shape index (κ2) is 3.97. The average Bonchev–Trinajstić information content (AvgIpc) is 2.05. The van der Waals surface area contributed by atoms with Crippen LogP contribution in [0.2, 0.25) is 0 Å². The van der Waals surface area contributed by atoms with E-state index >= 15 is 0 Å². The summed E-state index contributed by atoms with van der Waals surface area (Å²) >= 11 is 0. The highest BCUT2D eigenvalue weighted by Crippen LogP contribution is 2.23. The highest BCUT2D eigenvalue weighted by molar-refractivity contribution is 4.67. The van der Waals surface area contributed by atoms with Crippen molar-refractivity contribution in [2.75, 3.05) is 13.2 Å². The predicted molar refractivity (Wildman–Crippen MR) is 43.0 cm³/mol. The maximum atomic E-state index is 5.41. The van der Waals surface area contributed by atoms with Crippen LogP contribution in [0.5, 0.6) is 0 Å². The molecule has 0 aromatic heterocycles. The van der Waals surface area contributed by atoms with Crippen molar-refractivity contribution < 1.29 is 4.74 Å². The summed E-state index contributed by atoms with van der Waals surface area (Å²) in [6.45, 7) is 6.60. The molecule has 1 fully saturated rings. The number of hydrogen-bond donors (Lipinski definition) is 0. The Morgan fingerprint density at radius 1 is 1.60 bits per heavy atom. The van der Waals surface area contributed by atoms with Crippen LogP contribution in [0.3, 0.4) is 0 Å². The molecule has 10 heavy (non-hydrogen) atoms. The Bertz CT molecular complexity index is 84.7. The van der Waals surface area contributed by atoms with Gasteiger partial charge in [-0.3, -0.25) is 0 Å². The molecular weight excluding hydrogens is 124 g/mol. The van der Waals surface area contributed by atoms with Gasteiger partial charge in [0.05, 0.1) is 0 Å². The third-order valence-corrected chi connectivity index (χ3v) is 2.64. The lowest BCUT2D eigenvalue weighted by Gasteiger charge is -2.26. The largest absolute Gasteiger partial charge is 0.381 e. The molecule has 0 saturated carbocycles. The van der Waals surface area contributed by atoms with E-state index < -0.39 is 0 Å². The molecule has 1 heterocycles. The van der Waals surface area contributed by atoms with Crippen LogP contribution in [-0.4, -0.2) is 13.2 Å². The summed E-state index contributed by atoms with van der Waals surface area (Å²) < 4.78 is 5.41. The van der Waals surface area contributed by atoms with Gasteiger partial charge in [0.1, 0.15) is 0 Å². The summed E-state index contributed by atoms with van der Waals surface area (Å²) in [6, 6.07) is 0. The minimum Gasteiger partial charge on any atom is -0.381 e. The second-order valence-electron chi connectivity index (χ2n) is 3.36. The lowest BCUT2D eigenvalue weighted by atomic mass is 9.88. The van der Waals surface area contributed by atoms with E-state index in [1.54, 1.807) is 0 Å². The highest BCUT2D eigenvalue weighted by atomic mass is 16.5. The number of rotatable bonds is 2. The van der Waals surface area contributed by atoms with Crippen LogP contribution < -0.4 is 0 Å². The van der Waals surface area contributed by atoms with Gasteiger partial charge in [-0.05, 0) is 24.7 Å². The van der Waals surface area contributed by atoms with Crippen molar-refractivity contribution in [1.29, 1.82) is 0 Å². The topological polar surface area (TPSA) is 9.23 Å². The van der Waals surface area contributed by atoms with Gasteiger partial charge in [-0.1, -0.05) is 20.3 Å². The molecule has 60 valence electrons. The van der Waals surface area contributed by atoms with Crippen molar-refractivity contribution in [2.45, 2.75) is 33.1 Å². The zero-order valence-corrected chi connectivity index (χ0v) is 7.10. The normalized spacial score (nSPS) is 30.0. The van der Waals surface area contributed by atoms with Gasteiger partial charge in [-0.25, -0.2) is 0 Å². The Labute approximate surface area is 63.8 Å². The highest BCUT2D eigenvalue weighted by Gasteiger charge is 2.18. The first-order chi connectivity index (χ1) is 4.84. The molecule has 1 heteroatoms. The monoisotopic (exact) mass is 142 g/mol. The molecule has 2 atom stereocenters. The van der Waals surface area contributed by atoms with Crippen LogP contribution in [0.15, 0.2) is 0 Å². The predicted octanol–water partition coefficient (Wildman–Crippen LogP) is 2.46. The van der Waals surface area contributed by atoms with E-state index in [2.05, 4.69) is 13.8 Å². The fraction of sp³-hybridized carbons (Fsp3) is 1.00. The molecule has 0 spiro atoms. The van der Waals surface area contributed by atoms with Crippen molar-refractivity contribution in [3.05, 3.63) is 0 Å². The van der Waals surface area contributed by atoms with Gasteiger partial charge >= 0.3 is 0 Å². The third kappa shape index (κ3) is 1.98. The van der Waals surface area contributed by atoms with E-state index in [-0.39, 0.29) is 0 Å². The van der Waals surface area contributed by atoms with E-state index in [0.717, 1.165) is 25.0 Å². The Morgan fingerprint density at radius 2 is 2.40 bits per heavy atom. The minimum atomic E-state index is 0.846. The van der Waals surface area contributed by atoms with Crippen LogP contribution in [0.1, 0.15) is 33.1 Å². The Hall–Kier alpha value is -0.0400. The second-order valence-corrected chi connectivity index (χ2v) is 3.36. The molecule has 0 amide bonds. The van der Waals surface area contributed by atoms with Gasteiger partial charge < -0.3 is 4.74 Å². The van der Waals surface area contributed by atoms with Gasteiger partial charge in [0.2, 0.25) is 0 Å². The van der Waals surface area contributed by atoms with E-state index in [9.17, 15) is 0 Å². The molecule has 0 aromatic rings. The van der Waals surface area contributed by atoms with Crippen molar-refractivity contribution in [3.8, 4) is 0 Å². The molecule has 1 rings (SSSR count). The molecule has 1 nitrogen and oxygen atoms in total. The van der Waals surface area contributed by atoms with Crippen molar-refractivity contribution >= 4 is 0 Å². The van der Waals surface area contributed by atoms with Crippen LogP contribution >= 0.6 is 0 Å². The maximum Gasteiger partial charge on any atom is 0.0496 e. The Balaban J connectivity index is 2.24. The molecule has 0 aromatic carbocycles. The molecule has 1 unspecified atom stereocenters. The van der Waals surface area contributed by atoms with E-state index in [0.29, 0.717) is 0 Å². The molecule has 0 N–H and O–H groups in total. The lowest BCUT2D eigenvalue weighted by Crippen LogP contribution is -2.22. The first-order valence-corrected chi connectivity index (χ1v) is 4.42. The summed E-state index contributed by atoms with van der Waals surface area (Å²) in [6.07, 6.45) is 3.96. The Kier molecular flexibility index (Phi) is 3.20. The van der Waals surface area contributed by atoms with E-state index in [4.69, 9.17) is 4.74 Å². The van der Waals surface area contributed by atoms with Gasteiger partial charge in [0.25, 0.3) is 0 Å². The van der Waals surface area contributed by atoms with E-state index in [1.165, 1.54) is 19.3 Å². The first kappa shape index (κ1) is 8.06. The summed E-state index contributed by atoms with van der Waals surface area (Å²) in [5, 5.41) is 0. The summed E-state index contributed by atoms with van der Waals surface area (Å²) in [4.78, 5) is 0. The van der Waals surface area contributed by atoms with Crippen molar-refractivity contribution in [3.63, 3.8) is 0 Å². The fourth-order valence-electron chi connectivity index (χ4n) is 1.55. The van der Waals surface area contributed by atoms with Gasteiger partial charge in [-0.2, -0.15) is 0 Å². The quantitative estimate of drug-likeness (QED) is 0.575. The first-order valence-electron chi connectivity index (χ1n) is 4.42. The molecule has 0 radical (unpaired) electrons. The van der Waals surface area contributed by atoms with Crippen LogP contribution in [0, 0.1) is 11.8 Å². The summed E-state index contributed by atoms with van der Waals surface area (Å²) in [5.74, 6) is 1.71. The van der Waals surface area contributed by atoms with Crippen LogP contribution in [0.25, 0.3) is 0 Å². The molecule has 0 bridgehead atoms. The van der Waals surface area contributed by atoms with Crippen molar-refractivity contribution in [2.24, 2.45) is 11.8 Å². The molecular formula is C9H18O. The Morgan fingerprint density at radius 3 is 2.90 bits per heavy atom. The molecule has 1 saturated heterocycles. The maximum absolute atomic E-state index is 5.41. The average molecular weight is 142 g/mol. The van der Waals surface area contributed by atoms with Gasteiger partial charge in [-0.15, -0.1) is 0 Å². The van der Waals surface area contributed by atoms with Crippen LogP contribution in [-0.2, 0) is 4.74 Å². The number of hydrogen-bond acceptors (Lipinski definition) is 1. The van der Waals surface area contributed by atoms with E-state index in [1.807, 2.05) is 0 Å². The zero-order valence-electron chi connectivity index (χ0n) is 7.10. The minimum absolute atomic E-state index is 0.846. The molecule has 0 aliphatic carbocycles. The lowest BCUT2D eigenvalue weighted by molar-refractivity contribution is 0.0333. The molecule has 1 aliphatic heterocycles. The SMILES string of the molecule is CCC(C)[C@H]1CCCOC1. The smallest absolute Gasteiger partial charge is 0.0496 e. The van der Waals surface area contributed by atoms with Crippen LogP contribution in [0.4, 0.5) is 0 Å². The third-order valence-electron chi connectivity index (χ3n) is 2.64. The van der Waals surface area contributed by atoms with Gasteiger partial charge in [0.15, 0.2) is 0 Å². The summed E-state index contributed by atoms with van der Waals surface area (Å²) in [7, 11) is 0. The van der Waals surface area contributed by atoms with Crippen molar-refractivity contribution in [1.82, 2.24) is 0 Å². The number of ether oxygens (including phenoxy) is 1. The standard InChI is InChI=1S/C9H18O/c1-3-8(2)9-5-4-6-10-7-9/h8-9H,3-7H2,1-2H3/t8?,9-/m0/s1. The zero-order chi connectivity index (χ0) is 7.40. The fourth-order valence-corrected chi connectivity index (χ4v) is 1.55. The summed E-state index contributed by atoms with van der Waals surface area (Å²) in [5.41, 5.74) is 0.